The van der Waals surface area contributed by atoms with E-state index in [0.717, 1.165) is 37.1 Å². The van der Waals surface area contributed by atoms with Gasteiger partial charge < -0.3 is 29.7 Å². The van der Waals surface area contributed by atoms with Crippen molar-refractivity contribution >= 4 is 23.3 Å². The maximum absolute atomic E-state index is 13.5. The summed E-state index contributed by atoms with van der Waals surface area (Å²) >= 11 is 0. The number of piperidine rings is 1. The van der Waals surface area contributed by atoms with Crippen LogP contribution < -0.4 is 29.7 Å². The maximum atomic E-state index is 13.5. The Labute approximate surface area is 273 Å². The van der Waals surface area contributed by atoms with E-state index in [1.165, 1.54) is 19.3 Å². The van der Waals surface area contributed by atoms with E-state index in [9.17, 15) is 9.59 Å². The van der Waals surface area contributed by atoms with Crippen LogP contribution in [0.4, 0.5) is 16.2 Å². The molecule has 2 aliphatic rings. The molecule has 9 heteroatoms. The topological polar surface area (TPSA) is 92.4 Å². The molecule has 46 heavy (non-hydrogen) atoms. The van der Waals surface area contributed by atoms with Gasteiger partial charge in [0.25, 0.3) is 5.91 Å². The second-order valence-electron chi connectivity index (χ2n) is 12.1. The molecule has 2 bridgehead atoms. The molecule has 0 aromatic heterocycles. The minimum atomic E-state index is -0.251. The summed E-state index contributed by atoms with van der Waals surface area (Å²) in [6, 6.07) is 20.8. The number of urea groups is 1. The van der Waals surface area contributed by atoms with Crippen LogP contribution in [-0.2, 0) is 0 Å². The molecule has 0 spiro atoms. The van der Waals surface area contributed by atoms with E-state index in [2.05, 4.69) is 22.6 Å². The molecular formula is C37H48N4O5. The van der Waals surface area contributed by atoms with Crippen molar-refractivity contribution in [2.45, 2.75) is 90.4 Å². The minimum Gasteiger partial charge on any atom is -0.490 e. The first-order valence-corrected chi connectivity index (χ1v) is 16.7. The Balaban J connectivity index is 1.22. The van der Waals surface area contributed by atoms with Gasteiger partial charge in [0.05, 0.1) is 6.61 Å². The van der Waals surface area contributed by atoms with Crippen LogP contribution in [-0.4, -0.2) is 54.8 Å². The molecule has 2 saturated heterocycles. The highest BCUT2D eigenvalue weighted by Gasteiger charge is 2.48. The zero-order valence-corrected chi connectivity index (χ0v) is 27.8. The summed E-state index contributed by atoms with van der Waals surface area (Å²) in [6.45, 7) is 8.91. The molecule has 2 heterocycles. The van der Waals surface area contributed by atoms with Crippen molar-refractivity contribution in [3.63, 3.8) is 0 Å². The molecule has 2 unspecified atom stereocenters. The quantitative estimate of drug-likeness (QED) is 0.198. The standard InChI is InChI=1S/C37H48N4O5/c1-6-27(7-2)38-36(43)39-28-14-21-33(34(25-28)44-9-4)45-31-19-15-30(16-20-31)41(8-3)35(42)26-12-17-32(18-13-26)46-37-23-10-11-29(22-24-37)40(37)5/h12-21,25,27,29H,6-11,22-24H2,1-5H3,(H2,38,39,43). The average Bonchev–Trinajstić information content (AvgIpc) is 3.21. The molecule has 3 aromatic rings. The van der Waals surface area contributed by atoms with Crippen LogP contribution in [0.5, 0.6) is 23.0 Å². The lowest BCUT2D eigenvalue weighted by atomic mass is 10.0. The molecule has 9 nitrogen and oxygen atoms in total. The molecule has 2 atom stereocenters. The summed E-state index contributed by atoms with van der Waals surface area (Å²) < 4.78 is 18.5. The third-order valence-corrected chi connectivity index (χ3v) is 9.33. The lowest BCUT2D eigenvalue weighted by Crippen LogP contribution is -2.51. The van der Waals surface area contributed by atoms with Crippen LogP contribution in [0.3, 0.4) is 0 Å². The van der Waals surface area contributed by atoms with E-state index in [1.54, 1.807) is 23.1 Å². The second-order valence-corrected chi connectivity index (χ2v) is 12.1. The molecule has 2 aliphatic heterocycles. The van der Waals surface area contributed by atoms with E-state index in [0.29, 0.717) is 47.7 Å². The van der Waals surface area contributed by atoms with Crippen molar-refractivity contribution in [3.05, 3.63) is 72.3 Å². The van der Waals surface area contributed by atoms with E-state index >= 15 is 0 Å². The predicted molar refractivity (Wildman–Crippen MR) is 182 cm³/mol. The summed E-state index contributed by atoms with van der Waals surface area (Å²) in [5.41, 5.74) is 1.77. The maximum Gasteiger partial charge on any atom is 0.319 e. The number of fused-ring (bicyclic) bond motifs is 2. The van der Waals surface area contributed by atoms with Gasteiger partial charge in [-0.25, -0.2) is 4.79 Å². The van der Waals surface area contributed by atoms with E-state index in [1.807, 2.05) is 76.2 Å². The van der Waals surface area contributed by atoms with Gasteiger partial charge in [0.1, 0.15) is 11.5 Å². The number of carbonyl (C=O) groups excluding carboxylic acids is 2. The number of carbonyl (C=O) groups is 2. The van der Waals surface area contributed by atoms with Gasteiger partial charge in [-0.3, -0.25) is 9.69 Å². The molecule has 2 N–H and O–H groups in total. The van der Waals surface area contributed by atoms with Gasteiger partial charge in [-0.05, 0) is 114 Å². The van der Waals surface area contributed by atoms with Gasteiger partial charge >= 0.3 is 6.03 Å². The number of nitrogens with one attached hydrogen (secondary N) is 2. The van der Waals surface area contributed by atoms with Gasteiger partial charge in [0, 0.05) is 54.5 Å². The first-order valence-electron chi connectivity index (χ1n) is 16.7. The normalized spacial score (nSPS) is 19.0. The lowest BCUT2D eigenvalue weighted by molar-refractivity contribution is -0.0823. The zero-order chi connectivity index (χ0) is 32.7. The Hall–Kier alpha value is -4.24. The molecule has 246 valence electrons. The number of amides is 3. The molecule has 0 radical (unpaired) electrons. The Kier molecular flexibility index (Phi) is 10.7. The molecular weight excluding hydrogens is 580 g/mol. The van der Waals surface area contributed by atoms with Crippen molar-refractivity contribution < 1.29 is 23.8 Å². The van der Waals surface area contributed by atoms with Crippen LogP contribution in [0.15, 0.2) is 66.7 Å². The Bertz CT molecular complexity index is 1470. The first kappa shape index (κ1) is 33.1. The Morgan fingerprint density at radius 1 is 0.913 bits per heavy atom. The Morgan fingerprint density at radius 3 is 2.30 bits per heavy atom. The van der Waals surface area contributed by atoms with Gasteiger partial charge in [-0.15, -0.1) is 0 Å². The first-order chi connectivity index (χ1) is 22.3. The van der Waals surface area contributed by atoms with Crippen molar-refractivity contribution in [1.82, 2.24) is 10.2 Å². The van der Waals surface area contributed by atoms with E-state index in [4.69, 9.17) is 14.2 Å². The van der Waals surface area contributed by atoms with Crippen molar-refractivity contribution in [2.24, 2.45) is 0 Å². The fourth-order valence-corrected chi connectivity index (χ4v) is 6.61. The third-order valence-electron chi connectivity index (χ3n) is 9.33. The number of hydrogen-bond donors (Lipinski definition) is 2. The monoisotopic (exact) mass is 628 g/mol. The fraction of sp³-hybridized carbons (Fsp3) is 0.459. The van der Waals surface area contributed by atoms with Gasteiger partial charge in [0.15, 0.2) is 17.2 Å². The van der Waals surface area contributed by atoms with E-state index in [-0.39, 0.29) is 23.7 Å². The van der Waals surface area contributed by atoms with Crippen LogP contribution in [0, 0.1) is 0 Å². The number of benzene rings is 3. The summed E-state index contributed by atoms with van der Waals surface area (Å²) in [6.07, 6.45) is 7.43. The Morgan fingerprint density at radius 2 is 1.63 bits per heavy atom. The van der Waals surface area contributed by atoms with E-state index < -0.39 is 0 Å². The van der Waals surface area contributed by atoms with Crippen LogP contribution >= 0.6 is 0 Å². The second kappa shape index (κ2) is 14.9. The summed E-state index contributed by atoms with van der Waals surface area (Å²) in [4.78, 5) is 30.1. The molecule has 0 aliphatic carbocycles. The summed E-state index contributed by atoms with van der Waals surface area (Å²) in [5.74, 6) is 2.37. The van der Waals surface area contributed by atoms with Crippen LogP contribution in [0.2, 0.25) is 0 Å². The SMILES string of the molecule is CCOc1cc(NC(=O)NC(CC)CC)ccc1Oc1ccc(N(CC)C(=O)c2ccc(OC34CCCC(CC3)N4C)cc2)cc1. The van der Waals surface area contributed by atoms with Crippen LogP contribution in [0.1, 0.15) is 83.0 Å². The minimum absolute atomic E-state index is 0.0773. The highest BCUT2D eigenvalue weighted by Crippen LogP contribution is 2.44. The molecule has 5 rings (SSSR count). The number of anilines is 2. The molecule has 2 fully saturated rings. The van der Waals surface area contributed by atoms with Crippen molar-refractivity contribution in [3.8, 4) is 23.0 Å². The van der Waals surface area contributed by atoms with Crippen LogP contribution in [0.25, 0.3) is 0 Å². The number of rotatable bonds is 13. The average molecular weight is 629 g/mol. The summed E-state index contributed by atoms with van der Waals surface area (Å²) in [5, 5.41) is 5.85. The highest BCUT2D eigenvalue weighted by atomic mass is 16.5. The van der Waals surface area contributed by atoms with Gasteiger partial charge in [-0.1, -0.05) is 13.8 Å². The zero-order valence-electron chi connectivity index (χ0n) is 27.8. The molecule has 0 saturated carbocycles. The largest absolute Gasteiger partial charge is 0.490 e. The highest BCUT2D eigenvalue weighted by molar-refractivity contribution is 6.06. The predicted octanol–water partition coefficient (Wildman–Crippen LogP) is 8.21. The lowest BCUT2D eigenvalue weighted by Gasteiger charge is -2.42. The van der Waals surface area contributed by atoms with Crippen molar-refractivity contribution in [1.29, 1.82) is 0 Å². The molecule has 3 aromatic carbocycles. The summed E-state index contributed by atoms with van der Waals surface area (Å²) in [7, 11) is 2.17. The van der Waals surface area contributed by atoms with Crippen molar-refractivity contribution in [2.75, 3.05) is 30.4 Å². The van der Waals surface area contributed by atoms with Gasteiger partial charge in [-0.2, -0.15) is 0 Å². The third kappa shape index (κ3) is 7.41. The number of hydrogen-bond acceptors (Lipinski definition) is 6. The number of nitrogens with zero attached hydrogens (tertiary/aromatic N) is 2. The molecule has 3 amide bonds. The fourth-order valence-electron chi connectivity index (χ4n) is 6.61. The smallest absolute Gasteiger partial charge is 0.319 e. The van der Waals surface area contributed by atoms with Gasteiger partial charge in [0.2, 0.25) is 0 Å². The number of ether oxygens (including phenoxy) is 3.